The molecule has 7 nitrogen and oxygen atoms in total. The molecule has 0 aliphatic carbocycles. The molecule has 7 heteroatoms. The van der Waals surface area contributed by atoms with E-state index >= 15 is 0 Å². The summed E-state index contributed by atoms with van der Waals surface area (Å²) in [6.07, 6.45) is 0.663. The van der Waals surface area contributed by atoms with E-state index in [1.54, 1.807) is 11.0 Å². The number of amides is 2. The van der Waals surface area contributed by atoms with Gasteiger partial charge in [-0.25, -0.2) is 0 Å². The normalized spacial score (nSPS) is 18.0. The van der Waals surface area contributed by atoms with E-state index in [1.807, 2.05) is 12.1 Å². The Morgan fingerprint density at radius 2 is 1.88 bits per heavy atom. The Morgan fingerprint density at radius 1 is 1.03 bits per heavy atom. The number of hydrogen-bond donors (Lipinski definition) is 1. The van der Waals surface area contributed by atoms with Crippen LogP contribution in [0.5, 0.6) is 5.75 Å². The number of nitrogens with zero attached hydrogens (tertiary/aromatic N) is 2. The number of fused-ring (bicyclic) bond motifs is 3. The van der Waals surface area contributed by atoms with Crippen molar-refractivity contribution in [2.75, 3.05) is 52.5 Å². The average Bonchev–Trinajstić information content (AvgIpc) is 2.81. The summed E-state index contributed by atoms with van der Waals surface area (Å²) in [6.45, 7) is 10.0. The first-order valence-electron chi connectivity index (χ1n) is 12.2. The Bertz CT molecular complexity index is 1010. The van der Waals surface area contributed by atoms with Crippen molar-refractivity contribution in [1.82, 2.24) is 15.1 Å². The number of carbonyl (C=O) groups is 2. The van der Waals surface area contributed by atoms with Crippen LogP contribution in [0.2, 0.25) is 0 Å². The zero-order valence-corrected chi connectivity index (χ0v) is 20.2. The van der Waals surface area contributed by atoms with Crippen LogP contribution < -0.4 is 10.1 Å². The summed E-state index contributed by atoms with van der Waals surface area (Å²) >= 11 is 0. The number of hydrogen-bond acceptors (Lipinski definition) is 5. The number of rotatable bonds is 3. The van der Waals surface area contributed by atoms with Crippen LogP contribution in [-0.2, 0) is 22.5 Å². The molecule has 0 aromatic heterocycles. The molecule has 34 heavy (non-hydrogen) atoms. The average molecular weight is 466 g/mol. The van der Waals surface area contributed by atoms with Crippen molar-refractivity contribution in [1.29, 1.82) is 0 Å². The van der Waals surface area contributed by atoms with E-state index in [-0.39, 0.29) is 18.4 Å². The van der Waals surface area contributed by atoms with Gasteiger partial charge in [0.25, 0.3) is 5.91 Å². The molecule has 2 heterocycles. The van der Waals surface area contributed by atoms with Crippen molar-refractivity contribution >= 4 is 11.8 Å². The molecule has 0 saturated carbocycles. The summed E-state index contributed by atoms with van der Waals surface area (Å²) < 4.78 is 11.9. The highest BCUT2D eigenvalue weighted by Crippen LogP contribution is 2.25. The lowest BCUT2D eigenvalue weighted by Gasteiger charge is -2.27. The highest BCUT2D eigenvalue weighted by Gasteiger charge is 2.23. The minimum absolute atomic E-state index is 0.0959. The molecule has 4 rings (SSSR count). The Balaban J connectivity index is 1.59. The fourth-order valence-corrected chi connectivity index (χ4v) is 4.56. The van der Waals surface area contributed by atoms with E-state index in [0.29, 0.717) is 50.8 Å². The topological polar surface area (TPSA) is 71.1 Å². The predicted octanol–water partition coefficient (Wildman–Crippen LogP) is 2.72. The fraction of sp³-hybridized carbons (Fsp3) is 0.481. The fourth-order valence-electron chi connectivity index (χ4n) is 4.56. The maximum atomic E-state index is 13.1. The van der Waals surface area contributed by atoms with Gasteiger partial charge in [0, 0.05) is 44.7 Å². The first-order chi connectivity index (χ1) is 16.5. The zero-order valence-electron chi connectivity index (χ0n) is 20.2. The summed E-state index contributed by atoms with van der Waals surface area (Å²) in [5.74, 6) is 1.10. The van der Waals surface area contributed by atoms with Crippen molar-refractivity contribution in [2.45, 2.75) is 26.8 Å². The molecular weight excluding hydrogens is 430 g/mol. The van der Waals surface area contributed by atoms with E-state index < -0.39 is 0 Å². The number of nitrogens with one attached hydrogen (secondary N) is 1. The number of benzene rings is 2. The quantitative estimate of drug-likeness (QED) is 0.755. The van der Waals surface area contributed by atoms with Crippen molar-refractivity contribution in [2.24, 2.45) is 5.92 Å². The Hall–Kier alpha value is -2.90. The first-order valence-corrected chi connectivity index (χ1v) is 12.2. The van der Waals surface area contributed by atoms with Crippen LogP contribution in [0.3, 0.4) is 0 Å². The van der Waals surface area contributed by atoms with E-state index in [0.717, 1.165) is 30.9 Å². The zero-order chi connectivity index (χ0) is 23.9. The second-order valence-corrected chi connectivity index (χ2v) is 9.49. The second-order valence-electron chi connectivity index (χ2n) is 9.49. The Kier molecular flexibility index (Phi) is 8.19. The molecule has 0 radical (unpaired) electrons. The molecule has 2 bridgehead atoms. The molecule has 0 spiro atoms. The Morgan fingerprint density at radius 3 is 2.71 bits per heavy atom. The van der Waals surface area contributed by atoms with Crippen LogP contribution in [0.15, 0.2) is 42.5 Å². The molecule has 1 saturated heterocycles. The van der Waals surface area contributed by atoms with Crippen LogP contribution in [0.4, 0.5) is 0 Å². The molecule has 2 aromatic carbocycles. The summed E-state index contributed by atoms with van der Waals surface area (Å²) in [4.78, 5) is 28.9. The van der Waals surface area contributed by atoms with Gasteiger partial charge in [-0.05, 0) is 40.8 Å². The monoisotopic (exact) mass is 465 g/mol. The predicted molar refractivity (Wildman–Crippen MR) is 131 cm³/mol. The lowest BCUT2D eigenvalue weighted by Crippen LogP contribution is -2.49. The number of piperazine rings is 1. The van der Waals surface area contributed by atoms with Crippen LogP contribution in [0.1, 0.15) is 40.9 Å². The van der Waals surface area contributed by atoms with Crippen molar-refractivity contribution in [3.63, 3.8) is 0 Å². The van der Waals surface area contributed by atoms with Gasteiger partial charge in [0.2, 0.25) is 5.91 Å². The molecule has 2 amide bonds. The number of ether oxygens (including phenoxy) is 2. The molecule has 0 atom stereocenters. The Labute approximate surface area is 202 Å². The van der Waals surface area contributed by atoms with Crippen LogP contribution >= 0.6 is 0 Å². The van der Waals surface area contributed by atoms with E-state index in [1.165, 1.54) is 11.1 Å². The van der Waals surface area contributed by atoms with Crippen LogP contribution in [-0.4, -0.2) is 74.2 Å². The van der Waals surface area contributed by atoms with Crippen molar-refractivity contribution in [3.8, 4) is 5.75 Å². The molecule has 182 valence electrons. The highest BCUT2D eigenvalue weighted by atomic mass is 16.5. The minimum Gasteiger partial charge on any atom is -0.491 e. The molecule has 2 aliphatic rings. The molecular formula is C27H35N3O4. The van der Waals surface area contributed by atoms with Gasteiger partial charge in [0.05, 0.1) is 19.8 Å². The lowest BCUT2D eigenvalue weighted by molar-refractivity contribution is -0.123. The molecule has 1 fully saturated rings. The third-order valence-corrected chi connectivity index (χ3v) is 6.09. The van der Waals surface area contributed by atoms with Crippen LogP contribution in [0.25, 0.3) is 0 Å². The van der Waals surface area contributed by atoms with Gasteiger partial charge in [-0.1, -0.05) is 38.1 Å². The highest BCUT2D eigenvalue weighted by molar-refractivity contribution is 5.97. The smallest absolute Gasteiger partial charge is 0.254 e. The summed E-state index contributed by atoms with van der Waals surface area (Å²) in [7, 11) is 0. The standard InChI is InChI=1S/C27H35N3O4/c1-20(2)17-29-10-11-33-12-13-34-25-7-6-23(27(32)30-9-8-28-26(31)19-30)16-24(25)15-21-4-3-5-22(14-21)18-29/h3-7,14,16,20H,8-13,15,17-19H2,1-2H3,(H,28,31). The lowest BCUT2D eigenvalue weighted by atomic mass is 9.99. The summed E-state index contributed by atoms with van der Waals surface area (Å²) in [6, 6.07) is 14.2. The maximum absolute atomic E-state index is 13.1. The van der Waals surface area contributed by atoms with Gasteiger partial charge < -0.3 is 19.7 Å². The summed E-state index contributed by atoms with van der Waals surface area (Å²) in [5.41, 5.74) is 3.99. The van der Waals surface area contributed by atoms with Gasteiger partial charge in [0.1, 0.15) is 12.4 Å². The molecule has 2 aliphatic heterocycles. The van der Waals surface area contributed by atoms with Crippen molar-refractivity contribution < 1.29 is 19.1 Å². The van der Waals surface area contributed by atoms with Crippen molar-refractivity contribution in [3.05, 3.63) is 64.7 Å². The van der Waals surface area contributed by atoms with Crippen LogP contribution in [0, 0.1) is 5.92 Å². The largest absolute Gasteiger partial charge is 0.491 e. The molecule has 0 unspecified atom stereocenters. The van der Waals surface area contributed by atoms with Gasteiger partial charge in [-0.3, -0.25) is 14.5 Å². The maximum Gasteiger partial charge on any atom is 0.254 e. The second kappa shape index (κ2) is 11.5. The third-order valence-electron chi connectivity index (χ3n) is 6.09. The van der Waals surface area contributed by atoms with E-state index in [4.69, 9.17) is 9.47 Å². The summed E-state index contributed by atoms with van der Waals surface area (Å²) in [5, 5.41) is 2.77. The molecule has 1 N–H and O–H groups in total. The van der Waals surface area contributed by atoms with E-state index in [9.17, 15) is 9.59 Å². The van der Waals surface area contributed by atoms with Gasteiger partial charge in [-0.2, -0.15) is 0 Å². The van der Waals surface area contributed by atoms with Gasteiger partial charge in [0.15, 0.2) is 0 Å². The van der Waals surface area contributed by atoms with E-state index in [2.05, 4.69) is 48.3 Å². The van der Waals surface area contributed by atoms with Gasteiger partial charge in [-0.15, -0.1) is 0 Å². The number of carbonyl (C=O) groups excluding carboxylic acids is 2. The minimum atomic E-state index is -0.126. The SMILES string of the molecule is CC(C)CN1CCOCCOc2ccc(C(=O)N3CCNC(=O)C3)cc2Cc2cccc(c2)C1. The van der Waals surface area contributed by atoms with Gasteiger partial charge >= 0.3 is 0 Å². The first kappa shape index (κ1) is 24.2. The molecule has 2 aromatic rings. The third kappa shape index (κ3) is 6.58.